The molecule has 6 heteroatoms. The van der Waals surface area contributed by atoms with Gasteiger partial charge in [-0.05, 0) is 35.7 Å². The molecule has 0 saturated heterocycles. The molecule has 0 radical (unpaired) electrons. The van der Waals surface area contributed by atoms with E-state index in [1.807, 2.05) is 42.5 Å². The van der Waals surface area contributed by atoms with Crippen LogP contribution in [0.25, 0.3) is 22.2 Å². The molecule has 0 unspecified atom stereocenters. The largest absolute Gasteiger partial charge is 0.511 e. The van der Waals surface area contributed by atoms with Gasteiger partial charge in [0.05, 0.1) is 17.6 Å². The zero-order valence-corrected chi connectivity index (χ0v) is 17.4. The van der Waals surface area contributed by atoms with Crippen LogP contribution in [-0.2, 0) is 6.54 Å². The first-order chi connectivity index (χ1) is 14.7. The highest BCUT2D eigenvalue weighted by molar-refractivity contribution is 7.99. The van der Waals surface area contributed by atoms with Gasteiger partial charge in [-0.2, -0.15) is 0 Å². The maximum atomic E-state index is 11.0. The summed E-state index contributed by atoms with van der Waals surface area (Å²) in [6.07, 6.45) is -0.219. The molecule has 3 aromatic carbocycles. The van der Waals surface area contributed by atoms with Crippen LogP contribution in [0.1, 0.15) is 18.9 Å². The molecule has 0 bridgehead atoms. The number of benzene rings is 3. The van der Waals surface area contributed by atoms with Crippen molar-refractivity contribution in [2.24, 2.45) is 0 Å². The van der Waals surface area contributed by atoms with Gasteiger partial charge in [0.25, 0.3) is 0 Å². The molecule has 0 aliphatic carbocycles. The Labute approximate surface area is 179 Å². The Hall–Kier alpha value is -3.25. The van der Waals surface area contributed by atoms with Crippen LogP contribution in [0.3, 0.4) is 0 Å². The number of carboxylic acid groups (broad SMARTS) is 1. The van der Waals surface area contributed by atoms with Gasteiger partial charge in [0.2, 0.25) is 0 Å². The summed E-state index contributed by atoms with van der Waals surface area (Å²) in [5.74, 6) is 1.36. The minimum Gasteiger partial charge on any atom is -0.449 e. The third kappa shape index (κ3) is 4.33. The predicted octanol–water partition coefficient (Wildman–Crippen LogP) is 6.31. The number of hydrogen-bond acceptors (Lipinski definition) is 4. The minimum atomic E-state index is -1.32. The topological polar surface area (TPSA) is 64.4 Å². The smallest absolute Gasteiger partial charge is 0.449 e. The summed E-state index contributed by atoms with van der Waals surface area (Å²) in [7, 11) is 0. The van der Waals surface area contributed by atoms with Crippen molar-refractivity contribution in [2.45, 2.75) is 25.0 Å². The van der Waals surface area contributed by atoms with Gasteiger partial charge in [-0.3, -0.25) is 0 Å². The molecule has 1 N–H and O–H groups in total. The van der Waals surface area contributed by atoms with E-state index in [0.29, 0.717) is 5.75 Å². The van der Waals surface area contributed by atoms with Gasteiger partial charge in [-0.1, -0.05) is 73.3 Å². The number of nitrogens with zero attached hydrogens (tertiary/aromatic N) is 2. The number of aromatic nitrogens is 2. The Morgan fingerprint density at radius 3 is 2.53 bits per heavy atom. The molecule has 30 heavy (non-hydrogen) atoms. The van der Waals surface area contributed by atoms with Crippen LogP contribution in [-0.4, -0.2) is 26.6 Å². The highest BCUT2D eigenvalue weighted by Gasteiger charge is 2.12. The number of hydrogen-bond donors (Lipinski definition) is 1. The molecule has 5 nitrogen and oxygen atoms in total. The molecule has 1 heterocycles. The van der Waals surface area contributed by atoms with E-state index >= 15 is 0 Å². The molecule has 0 aliphatic rings. The van der Waals surface area contributed by atoms with E-state index in [2.05, 4.69) is 29.7 Å². The third-order valence-corrected chi connectivity index (χ3v) is 5.93. The highest BCUT2D eigenvalue weighted by atomic mass is 32.2. The number of ether oxygens (including phenoxy) is 1. The average Bonchev–Trinajstić information content (AvgIpc) is 3.10. The summed E-state index contributed by atoms with van der Waals surface area (Å²) >= 11 is 1.78. The van der Waals surface area contributed by atoms with Crippen LogP contribution in [0.2, 0.25) is 0 Å². The molecule has 0 saturated carbocycles. The summed E-state index contributed by atoms with van der Waals surface area (Å²) in [5.41, 5.74) is 4.94. The fourth-order valence-corrected chi connectivity index (χ4v) is 4.24. The van der Waals surface area contributed by atoms with E-state index in [0.717, 1.165) is 51.6 Å². The number of para-hydroxylation sites is 3. The summed E-state index contributed by atoms with van der Waals surface area (Å²) < 4.78 is 7.17. The maximum Gasteiger partial charge on any atom is 0.511 e. The molecule has 0 fully saturated rings. The van der Waals surface area contributed by atoms with Crippen LogP contribution >= 0.6 is 11.8 Å². The average molecular weight is 419 g/mol. The lowest BCUT2D eigenvalue weighted by Gasteiger charge is -2.11. The van der Waals surface area contributed by atoms with Crippen LogP contribution in [0, 0.1) is 0 Å². The highest BCUT2D eigenvalue weighted by Crippen LogP contribution is 2.31. The second-order valence-corrected chi connectivity index (χ2v) is 7.94. The normalized spacial score (nSPS) is 11.0. The van der Waals surface area contributed by atoms with Crippen molar-refractivity contribution >= 4 is 29.0 Å². The summed E-state index contributed by atoms with van der Waals surface area (Å²) in [6, 6.07) is 23.5. The zero-order valence-electron chi connectivity index (χ0n) is 16.6. The molecule has 0 aliphatic heterocycles. The van der Waals surface area contributed by atoms with E-state index in [-0.39, 0.29) is 0 Å². The lowest BCUT2D eigenvalue weighted by atomic mass is 10.0. The molecule has 0 spiro atoms. The Balaban J connectivity index is 1.63. The second kappa shape index (κ2) is 9.05. The van der Waals surface area contributed by atoms with Crippen molar-refractivity contribution in [1.29, 1.82) is 0 Å². The van der Waals surface area contributed by atoms with Gasteiger partial charge >= 0.3 is 6.16 Å². The van der Waals surface area contributed by atoms with Crippen molar-refractivity contribution < 1.29 is 14.6 Å². The van der Waals surface area contributed by atoms with E-state index < -0.39 is 6.16 Å². The first kappa shape index (κ1) is 20.0. The number of rotatable bonds is 7. The third-order valence-electron chi connectivity index (χ3n) is 4.74. The van der Waals surface area contributed by atoms with Crippen LogP contribution < -0.4 is 4.74 Å². The van der Waals surface area contributed by atoms with Gasteiger partial charge in [0, 0.05) is 11.3 Å². The summed E-state index contributed by atoms with van der Waals surface area (Å²) in [4.78, 5) is 15.8. The molecule has 152 valence electrons. The molecule has 0 atom stereocenters. The first-order valence-corrected chi connectivity index (χ1v) is 10.8. The first-order valence-electron chi connectivity index (χ1n) is 9.83. The van der Waals surface area contributed by atoms with Crippen LogP contribution in [0.4, 0.5) is 4.79 Å². The number of fused-ring (bicyclic) bond motifs is 1. The quantitative estimate of drug-likeness (QED) is 0.216. The van der Waals surface area contributed by atoms with Crippen molar-refractivity contribution in [3.05, 3.63) is 78.4 Å². The second-order valence-electron chi connectivity index (χ2n) is 6.88. The number of carbonyl (C=O) groups is 1. The number of thioether (sulfide) groups is 1. The van der Waals surface area contributed by atoms with Crippen LogP contribution in [0.5, 0.6) is 5.75 Å². The van der Waals surface area contributed by atoms with E-state index in [9.17, 15) is 4.79 Å². The van der Waals surface area contributed by atoms with E-state index in [4.69, 9.17) is 14.8 Å². The van der Waals surface area contributed by atoms with E-state index in [1.54, 1.807) is 23.9 Å². The Morgan fingerprint density at radius 1 is 1.03 bits per heavy atom. The van der Waals surface area contributed by atoms with Crippen molar-refractivity contribution in [1.82, 2.24) is 9.55 Å². The Morgan fingerprint density at radius 2 is 1.77 bits per heavy atom. The SMILES string of the molecule is CCCSc1nc2ccccc2n1Cc1ccc(-c2ccccc2OC(=O)O)cc1. The van der Waals surface area contributed by atoms with Crippen molar-refractivity contribution in [3.63, 3.8) is 0 Å². The Bertz CT molecular complexity index is 1170. The molecular weight excluding hydrogens is 396 g/mol. The fraction of sp³-hybridized carbons (Fsp3) is 0.167. The maximum absolute atomic E-state index is 11.0. The zero-order chi connectivity index (χ0) is 20.9. The van der Waals surface area contributed by atoms with Gasteiger partial charge in [-0.25, -0.2) is 9.78 Å². The minimum absolute atomic E-state index is 0.330. The summed E-state index contributed by atoms with van der Waals surface area (Å²) in [6.45, 7) is 2.89. The molecule has 4 aromatic rings. The molecule has 4 rings (SSSR count). The van der Waals surface area contributed by atoms with Gasteiger partial charge in [-0.15, -0.1) is 0 Å². The molecular formula is C24H22N2O3S. The molecule has 1 aromatic heterocycles. The van der Waals surface area contributed by atoms with Gasteiger partial charge in [0.15, 0.2) is 5.16 Å². The Kier molecular flexibility index (Phi) is 6.05. The van der Waals surface area contributed by atoms with Crippen molar-refractivity contribution in [2.75, 3.05) is 5.75 Å². The standard InChI is InChI=1S/C24H22N2O3S/c1-2-15-30-23-25-20-8-4-5-9-21(20)26(23)16-17-11-13-18(14-12-17)19-7-3-6-10-22(19)29-24(27)28/h3-14H,2,15-16H2,1H3,(H,27,28). The number of imidazole rings is 1. The molecule has 0 amide bonds. The fourth-order valence-electron chi connectivity index (χ4n) is 3.37. The lowest BCUT2D eigenvalue weighted by Crippen LogP contribution is -2.04. The summed E-state index contributed by atoms with van der Waals surface area (Å²) in [5, 5.41) is 10.00. The van der Waals surface area contributed by atoms with Crippen molar-refractivity contribution in [3.8, 4) is 16.9 Å². The predicted molar refractivity (Wildman–Crippen MR) is 120 cm³/mol. The van der Waals surface area contributed by atoms with E-state index in [1.165, 1.54) is 0 Å². The van der Waals surface area contributed by atoms with Gasteiger partial charge in [0.1, 0.15) is 5.75 Å². The lowest BCUT2D eigenvalue weighted by molar-refractivity contribution is 0.144. The van der Waals surface area contributed by atoms with Crippen LogP contribution in [0.15, 0.2) is 78.0 Å². The monoisotopic (exact) mass is 418 g/mol. The van der Waals surface area contributed by atoms with Gasteiger partial charge < -0.3 is 14.4 Å².